The highest BCUT2D eigenvalue weighted by Crippen LogP contribution is 2.52. The molecule has 1 aromatic rings. The molecule has 1 unspecified atom stereocenters. The smallest absolute Gasteiger partial charge is 0.171 e. The Morgan fingerprint density at radius 1 is 1.33 bits per heavy atom. The molecule has 0 radical (unpaired) electrons. The fourth-order valence-electron chi connectivity index (χ4n) is 4.13. The minimum atomic E-state index is -0.370. The number of carbonyl (C=O) groups is 1. The largest absolute Gasteiger partial charge is 0.492 e. The molecule has 24 heavy (non-hydrogen) atoms. The second-order valence-electron chi connectivity index (χ2n) is 7.05. The van der Waals surface area contributed by atoms with E-state index in [2.05, 4.69) is 13.0 Å². The van der Waals surface area contributed by atoms with E-state index in [1.54, 1.807) is 0 Å². The van der Waals surface area contributed by atoms with Crippen LogP contribution in [0, 0.1) is 22.7 Å². The Bertz CT molecular complexity index is 704. The number of nitriles is 1. The third-order valence-corrected chi connectivity index (χ3v) is 6.36. The van der Waals surface area contributed by atoms with Crippen molar-refractivity contribution < 1.29 is 9.53 Å². The van der Waals surface area contributed by atoms with Gasteiger partial charge in [-0.1, -0.05) is 43.0 Å². The van der Waals surface area contributed by atoms with Crippen LogP contribution in [-0.4, -0.2) is 12.4 Å². The molecule has 2 aliphatic rings. The molecule has 1 atom stereocenters. The number of fused-ring (bicyclic) bond motifs is 1. The van der Waals surface area contributed by atoms with Gasteiger partial charge in [0.2, 0.25) is 0 Å². The first-order valence-electron chi connectivity index (χ1n) is 8.54. The van der Waals surface area contributed by atoms with Crippen LogP contribution in [0.1, 0.15) is 61.4 Å². The number of hydrogen-bond acceptors (Lipinski definition) is 3. The van der Waals surface area contributed by atoms with E-state index in [1.165, 1.54) is 12.8 Å². The number of ketones is 1. The predicted molar refractivity (Wildman–Crippen MR) is 94.9 cm³/mol. The lowest BCUT2D eigenvalue weighted by atomic mass is 9.73. The number of hydrogen-bond donors (Lipinski definition) is 0. The number of ether oxygens (including phenoxy) is 1. The number of Topliss-reactive ketones (excluding diaryl/α,β-unsaturated/α-hetero) is 1. The summed E-state index contributed by atoms with van der Waals surface area (Å²) in [5.41, 5.74) is 1.16. The van der Waals surface area contributed by atoms with Crippen LogP contribution in [0.2, 0.25) is 10.0 Å². The Labute approximate surface area is 152 Å². The Kier molecular flexibility index (Phi) is 5.08. The molecule has 0 bridgehead atoms. The first-order chi connectivity index (χ1) is 11.5. The quantitative estimate of drug-likeness (QED) is 0.636. The van der Waals surface area contributed by atoms with Crippen molar-refractivity contribution in [1.82, 2.24) is 0 Å². The van der Waals surface area contributed by atoms with E-state index >= 15 is 0 Å². The fraction of sp³-hybridized carbons (Fsp3) is 0.579. The highest BCUT2D eigenvalue weighted by Gasteiger charge is 2.49. The maximum Gasteiger partial charge on any atom is 0.171 e. The normalized spacial score (nSPS) is 23.3. The Hall–Kier alpha value is -1.24. The number of carbonyl (C=O) groups excluding carboxylic acids is 1. The van der Waals surface area contributed by atoms with Gasteiger partial charge >= 0.3 is 0 Å². The molecular formula is C19H21Cl2NO2. The maximum atomic E-state index is 13.1. The van der Waals surface area contributed by atoms with E-state index in [1.807, 2.05) is 6.07 Å². The Morgan fingerprint density at radius 3 is 2.71 bits per heavy atom. The predicted octanol–water partition coefficient (Wildman–Crippen LogP) is 5.61. The summed E-state index contributed by atoms with van der Waals surface area (Å²) in [4.78, 5) is 13.1. The van der Waals surface area contributed by atoms with Crippen LogP contribution in [0.5, 0.6) is 5.75 Å². The van der Waals surface area contributed by atoms with Crippen molar-refractivity contribution >= 4 is 29.0 Å². The molecule has 1 aromatic carbocycles. The van der Waals surface area contributed by atoms with Crippen molar-refractivity contribution in [2.24, 2.45) is 11.3 Å². The summed E-state index contributed by atoms with van der Waals surface area (Å²) < 4.78 is 5.70. The van der Waals surface area contributed by atoms with E-state index in [4.69, 9.17) is 33.2 Å². The van der Waals surface area contributed by atoms with Gasteiger partial charge in [0.25, 0.3) is 0 Å². The minimum absolute atomic E-state index is 0.132. The maximum absolute atomic E-state index is 13.1. The zero-order valence-electron chi connectivity index (χ0n) is 13.8. The van der Waals surface area contributed by atoms with Gasteiger partial charge in [-0.15, -0.1) is 0 Å². The Morgan fingerprint density at radius 2 is 2.04 bits per heavy atom. The molecule has 5 heteroatoms. The molecule has 3 nitrogen and oxygen atoms in total. The van der Waals surface area contributed by atoms with Gasteiger partial charge in [-0.2, -0.15) is 5.26 Å². The average Bonchev–Trinajstić information content (AvgIpc) is 3.17. The molecule has 0 spiro atoms. The Balaban J connectivity index is 1.88. The highest BCUT2D eigenvalue weighted by molar-refractivity contribution is 6.45. The van der Waals surface area contributed by atoms with E-state index in [9.17, 15) is 4.79 Å². The summed E-state index contributed by atoms with van der Waals surface area (Å²) in [6.07, 6.45) is 6.40. The van der Waals surface area contributed by atoms with E-state index < -0.39 is 0 Å². The molecule has 1 saturated carbocycles. The molecule has 1 fully saturated rings. The van der Waals surface area contributed by atoms with Crippen LogP contribution in [-0.2, 0) is 6.42 Å². The molecule has 0 aromatic heterocycles. The lowest BCUT2D eigenvalue weighted by molar-refractivity contribution is 0.0744. The number of benzene rings is 1. The summed E-state index contributed by atoms with van der Waals surface area (Å²) in [5, 5.41) is 9.21. The molecule has 3 rings (SSSR count). The van der Waals surface area contributed by atoms with E-state index in [-0.39, 0.29) is 11.2 Å². The topological polar surface area (TPSA) is 50.1 Å². The standard InChI is InChI=1S/C19H21Cl2NO2/c1-19(13-6-2-3-7-13)11-12-10-14(24-9-5-4-8-22)16(20)17(21)15(12)18(19)23/h10,13H,2-7,9,11H2,1H3. The highest BCUT2D eigenvalue weighted by atomic mass is 35.5. The van der Waals surface area contributed by atoms with Gasteiger partial charge in [0, 0.05) is 17.4 Å². The third kappa shape index (κ3) is 2.91. The monoisotopic (exact) mass is 365 g/mol. The summed E-state index contributed by atoms with van der Waals surface area (Å²) in [6.45, 7) is 2.49. The fourth-order valence-corrected chi connectivity index (χ4v) is 4.63. The molecule has 0 amide bonds. The van der Waals surface area contributed by atoms with Gasteiger partial charge in [-0.3, -0.25) is 4.79 Å². The van der Waals surface area contributed by atoms with Crippen molar-refractivity contribution in [2.75, 3.05) is 6.61 Å². The third-order valence-electron chi connectivity index (χ3n) is 5.51. The van der Waals surface area contributed by atoms with E-state index in [0.29, 0.717) is 53.1 Å². The average molecular weight is 366 g/mol. The summed E-state index contributed by atoms with van der Waals surface area (Å²) in [6, 6.07) is 3.95. The summed E-state index contributed by atoms with van der Waals surface area (Å²) in [7, 11) is 0. The lowest BCUT2D eigenvalue weighted by Crippen LogP contribution is -2.32. The van der Waals surface area contributed by atoms with Crippen LogP contribution in [0.25, 0.3) is 0 Å². The van der Waals surface area contributed by atoms with Crippen molar-refractivity contribution in [2.45, 2.75) is 51.9 Å². The van der Waals surface area contributed by atoms with Gasteiger partial charge in [0.15, 0.2) is 5.78 Å². The molecule has 2 aliphatic carbocycles. The number of rotatable bonds is 5. The van der Waals surface area contributed by atoms with Gasteiger partial charge in [0.05, 0.1) is 17.7 Å². The van der Waals surface area contributed by atoms with Gasteiger partial charge in [0.1, 0.15) is 10.8 Å². The van der Waals surface area contributed by atoms with Crippen LogP contribution in [0.3, 0.4) is 0 Å². The van der Waals surface area contributed by atoms with Crippen LogP contribution >= 0.6 is 23.2 Å². The number of unbranched alkanes of at least 4 members (excludes halogenated alkanes) is 1. The zero-order valence-corrected chi connectivity index (χ0v) is 15.3. The molecule has 0 heterocycles. The first-order valence-corrected chi connectivity index (χ1v) is 9.30. The number of halogens is 2. The van der Waals surface area contributed by atoms with Crippen molar-refractivity contribution in [3.8, 4) is 11.8 Å². The lowest BCUT2D eigenvalue weighted by Gasteiger charge is -2.29. The van der Waals surface area contributed by atoms with Crippen LogP contribution in [0.15, 0.2) is 6.07 Å². The van der Waals surface area contributed by atoms with Crippen LogP contribution in [0.4, 0.5) is 0 Å². The first kappa shape index (κ1) is 17.6. The second kappa shape index (κ2) is 6.94. The molecular weight excluding hydrogens is 345 g/mol. The van der Waals surface area contributed by atoms with E-state index in [0.717, 1.165) is 18.4 Å². The minimum Gasteiger partial charge on any atom is -0.492 e. The summed E-state index contributed by atoms with van der Waals surface area (Å²) in [5.74, 6) is 1.07. The molecule has 128 valence electrons. The van der Waals surface area contributed by atoms with Gasteiger partial charge in [-0.25, -0.2) is 0 Å². The molecule has 0 N–H and O–H groups in total. The molecule has 0 aliphatic heterocycles. The van der Waals surface area contributed by atoms with Crippen molar-refractivity contribution in [1.29, 1.82) is 5.26 Å². The van der Waals surface area contributed by atoms with Crippen LogP contribution < -0.4 is 4.74 Å². The number of nitrogens with zero attached hydrogens (tertiary/aromatic N) is 1. The van der Waals surface area contributed by atoms with Gasteiger partial charge in [-0.05, 0) is 43.2 Å². The van der Waals surface area contributed by atoms with Crippen molar-refractivity contribution in [3.05, 3.63) is 27.2 Å². The molecule has 0 saturated heterocycles. The van der Waals surface area contributed by atoms with Crippen molar-refractivity contribution in [3.63, 3.8) is 0 Å². The van der Waals surface area contributed by atoms with Gasteiger partial charge < -0.3 is 4.74 Å². The second-order valence-corrected chi connectivity index (χ2v) is 7.81. The SMILES string of the molecule is CC1(C2CCCC2)Cc2cc(OCCCC#N)c(Cl)c(Cl)c2C1=O. The summed E-state index contributed by atoms with van der Waals surface area (Å²) >= 11 is 12.8. The zero-order chi connectivity index (χ0) is 17.3.